The lowest BCUT2D eigenvalue weighted by Crippen LogP contribution is -2.30. The summed E-state index contributed by atoms with van der Waals surface area (Å²) in [6.07, 6.45) is -0.224. The number of aliphatic carboxylic acids is 2. The minimum atomic E-state index is -1.17. The summed E-state index contributed by atoms with van der Waals surface area (Å²) in [5.41, 5.74) is 5.00. The van der Waals surface area contributed by atoms with Crippen molar-refractivity contribution < 1.29 is 19.8 Å². The fourth-order valence-corrected chi connectivity index (χ4v) is 0.402. The van der Waals surface area contributed by atoms with Crippen molar-refractivity contribution in [3.63, 3.8) is 0 Å². The zero-order chi connectivity index (χ0) is 8.15. The molecule has 0 bridgehead atoms. The molecule has 0 rings (SSSR count). The highest BCUT2D eigenvalue weighted by Crippen LogP contribution is 1.93. The molecule has 0 aromatic rings. The summed E-state index contributed by atoms with van der Waals surface area (Å²) in [4.78, 5) is 19.9. The van der Waals surface area contributed by atoms with E-state index in [1.165, 1.54) is 0 Å². The van der Waals surface area contributed by atoms with Gasteiger partial charge in [0.05, 0.1) is 0 Å². The Kier molecular flexibility index (Phi) is 3.42. The Morgan fingerprint density at radius 2 is 1.90 bits per heavy atom. The van der Waals surface area contributed by atoms with E-state index in [4.69, 9.17) is 15.9 Å². The van der Waals surface area contributed by atoms with Crippen molar-refractivity contribution in [1.82, 2.24) is 0 Å². The van der Waals surface area contributed by atoms with E-state index in [1.54, 1.807) is 0 Å². The van der Waals surface area contributed by atoms with Gasteiger partial charge in [-0.3, -0.25) is 9.59 Å². The zero-order valence-electron chi connectivity index (χ0n) is 5.28. The molecule has 0 aliphatic rings. The van der Waals surface area contributed by atoms with Crippen LogP contribution >= 0.6 is 0 Å². The summed E-state index contributed by atoms with van der Waals surface area (Å²) in [5, 5.41) is 16.3. The van der Waals surface area contributed by atoms with Crippen molar-refractivity contribution in [3.8, 4) is 0 Å². The molecule has 4 N–H and O–H groups in total. The van der Waals surface area contributed by atoms with Crippen LogP contribution in [0.25, 0.3) is 0 Å². The molecule has 0 saturated carbocycles. The Morgan fingerprint density at radius 3 is 2.20 bits per heavy atom. The molecular formula is C5H9NO4. The molecule has 0 aromatic carbocycles. The quantitative estimate of drug-likeness (QED) is 0.456. The van der Waals surface area contributed by atoms with E-state index in [0.717, 1.165) is 0 Å². The first-order valence-electron chi connectivity index (χ1n) is 2.74. The number of carbonyl (C=O) groups is 2. The van der Waals surface area contributed by atoms with Gasteiger partial charge in [-0.25, -0.2) is 0 Å². The summed E-state index contributed by atoms with van der Waals surface area (Å²) >= 11 is 0. The lowest BCUT2D eigenvalue weighted by molar-refractivity contribution is -0.139. The standard InChI is InChI=1S/C5H9NO4/c6-3(5(9)10)1-2-4(7)8/h3H,1-2,6H2,(H,7,8)(H,9,10)/i1+1. The average Bonchev–Trinajstić information content (AvgIpc) is 1.82. The zero-order valence-corrected chi connectivity index (χ0v) is 5.28. The van der Waals surface area contributed by atoms with Gasteiger partial charge in [0.2, 0.25) is 0 Å². The Labute approximate surface area is 57.5 Å². The molecule has 0 amide bonds. The summed E-state index contributed by atoms with van der Waals surface area (Å²) in [5.74, 6) is -2.20. The number of hydrogen-bond acceptors (Lipinski definition) is 3. The minimum Gasteiger partial charge on any atom is -0.481 e. The fourth-order valence-electron chi connectivity index (χ4n) is 0.402. The van der Waals surface area contributed by atoms with Gasteiger partial charge in [0, 0.05) is 6.42 Å². The van der Waals surface area contributed by atoms with Crippen LogP contribution in [0.1, 0.15) is 12.8 Å². The van der Waals surface area contributed by atoms with E-state index < -0.39 is 18.0 Å². The third-order valence-corrected chi connectivity index (χ3v) is 0.986. The van der Waals surface area contributed by atoms with Crippen molar-refractivity contribution in [1.29, 1.82) is 0 Å². The van der Waals surface area contributed by atoms with Gasteiger partial charge < -0.3 is 15.9 Å². The molecule has 10 heavy (non-hydrogen) atoms. The molecule has 0 saturated heterocycles. The number of carboxylic acid groups (broad SMARTS) is 2. The van der Waals surface area contributed by atoms with Crippen molar-refractivity contribution >= 4 is 11.9 Å². The molecule has 0 radical (unpaired) electrons. The van der Waals surface area contributed by atoms with Crippen LogP contribution in [-0.2, 0) is 9.59 Å². The second-order valence-electron chi connectivity index (χ2n) is 1.88. The Balaban J connectivity index is 3.49. The van der Waals surface area contributed by atoms with Crippen LogP contribution in [0, 0.1) is 0 Å². The van der Waals surface area contributed by atoms with Gasteiger partial charge >= 0.3 is 11.9 Å². The predicted molar refractivity (Wildman–Crippen MR) is 32.5 cm³/mol. The molecule has 0 heterocycles. The molecule has 58 valence electrons. The summed E-state index contributed by atoms with van der Waals surface area (Å²) in [6, 6.07) is -1.06. The smallest absolute Gasteiger partial charge is 0.320 e. The van der Waals surface area contributed by atoms with Crippen LogP contribution in [0.2, 0.25) is 0 Å². The predicted octanol–water partition coefficient (Wildman–Crippen LogP) is -0.737. The second-order valence-corrected chi connectivity index (χ2v) is 1.88. The fraction of sp³-hybridized carbons (Fsp3) is 0.600. The molecule has 0 aliphatic heterocycles. The van der Waals surface area contributed by atoms with Crippen LogP contribution < -0.4 is 5.73 Å². The van der Waals surface area contributed by atoms with Crippen LogP contribution in [0.4, 0.5) is 0 Å². The SMILES string of the molecule is NC([13CH2]CC(=O)O)C(=O)O. The summed E-state index contributed by atoms with van der Waals surface area (Å²) in [6.45, 7) is 0. The first-order valence-corrected chi connectivity index (χ1v) is 2.74. The van der Waals surface area contributed by atoms with Gasteiger partial charge in [-0.15, -0.1) is 0 Å². The lowest BCUT2D eigenvalue weighted by Gasteiger charge is -2.01. The number of rotatable bonds is 4. The highest BCUT2D eigenvalue weighted by atomic mass is 16.4. The number of carboxylic acids is 2. The van der Waals surface area contributed by atoms with E-state index in [0.29, 0.717) is 0 Å². The van der Waals surface area contributed by atoms with Crippen molar-refractivity contribution in [3.05, 3.63) is 0 Å². The van der Waals surface area contributed by atoms with Gasteiger partial charge in [-0.1, -0.05) is 0 Å². The van der Waals surface area contributed by atoms with E-state index in [2.05, 4.69) is 0 Å². The van der Waals surface area contributed by atoms with Gasteiger partial charge in [0.1, 0.15) is 6.04 Å². The molecule has 0 aromatic heterocycles. The molecule has 1 unspecified atom stereocenters. The first kappa shape index (κ1) is 8.90. The van der Waals surface area contributed by atoms with E-state index in [9.17, 15) is 9.59 Å². The molecule has 0 fully saturated rings. The maximum absolute atomic E-state index is 9.99. The maximum atomic E-state index is 9.99. The lowest BCUT2D eigenvalue weighted by atomic mass is 10.4. The highest BCUT2D eigenvalue weighted by Gasteiger charge is 2.12. The summed E-state index contributed by atoms with van der Waals surface area (Å²) < 4.78 is 0. The largest absolute Gasteiger partial charge is 0.481 e. The number of hydrogen-bond donors (Lipinski definition) is 3. The monoisotopic (exact) mass is 148 g/mol. The molecule has 0 spiro atoms. The van der Waals surface area contributed by atoms with Crippen LogP contribution in [0.15, 0.2) is 0 Å². The summed E-state index contributed by atoms with van der Waals surface area (Å²) in [7, 11) is 0. The molecule has 5 nitrogen and oxygen atoms in total. The van der Waals surface area contributed by atoms with Crippen molar-refractivity contribution in [2.24, 2.45) is 5.73 Å². The van der Waals surface area contributed by atoms with E-state index in [1.807, 2.05) is 0 Å². The average molecular weight is 148 g/mol. The maximum Gasteiger partial charge on any atom is 0.320 e. The Morgan fingerprint density at radius 1 is 1.40 bits per heavy atom. The second kappa shape index (κ2) is 3.84. The van der Waals surface area contributed by atoms with Gasteiger partial charge in [0.25, 0.3) is 0 Å². The van der Waals surface area contributed by atoms with Crippen LogP contribution in [-0.4, -0.2) is 28.2 Å². The normalized spacial score (nSPS) is 12.5. The minimum absolute atomic E-state index is 0.0231. The third kappa shape index (κ3) is 3.85. The Bertz CT molecular complexity index is 145. The third-order valence-electron chi connectivity index (χ3n) is 0.986. The van der Waals surface area contributed by atoms with E-state index in [-0.39, 0.29) is 12.8 Å². The van der Waals surface area contributed by atoms with Gasteiger partial charge in [-0.2, -0.15) is 0 Å². The first-order chi connectivity index (χ1) is 4.54. The van der Waals surface area contributed by atoms with Crippen molar-refractivity contribution in [2.75, 3.05) is 0 Å². The van der Waals surface area contributed by atoms with E-state index >= 15 is 0 Å². The van der Waals surface area contributed by atoms with Crippen LogP contribution in [0.5, 0.6) is 0 Å². The number of nitrogens with two attached hydrogens (primary N) is 1. The Hall–Kier alpha value is -1.10. The topological polar surface area (TPSA) is 101 Å². The molecule has 0 aliphatic carbocycles. The van der Waals surface area contributed by atoms with Crippen molar-refractivity contribution in [2.45, 2.75) is 18.9 Å². The molecule has 5 heteroatoms. The molecular weight excluding hydrogens is 139 g/mol. The highest BCUT2D eigenvalue weighted by molar-refractivity contribution is 5.74. The van der Waals surface area contributed by atoms with Gasteiger partial charge in [-0.05, 0) is 6.42 Å². The van der Waals surface area contributed by atoms with Gasteiger partial charge in [0.15, 0.2) is 0 Å². The molecule has 1 atom stereocenters. The van der Waals surface area contributed by atoms with Crippen LogP contribution in [0.3, 0.4) is 0 Å².